The second-order valence-electron chi connectivity index (χ2n) is 13.0. The van der Waals surface area contributed by atoms with Gasteiger partial charge in [-0.15, -0.1) is 6.42 Å². The van der Waals surface area contributed by atoms with E-state index in [2.05, 4.69) is 33.1 Å². The third-order valence-corrected chi connectivity index (χ3v) is 8.60. The second kappa shape index (κ2) is 15.4. The Bertz CT molecular complexity index is 1720. The van der Waals surface area contributed by atoms with Gasteiger partial charge in [0.2, 0.25) is 11.2 Å². The molecule has 3 aromatic rings. The van der Waals surface area contributed by atoms with Crippen LogP contribution in [0.3, 0.4) is 0 Å². The molecule has 13 heteroatoms. The Labute approximate surface area is 285 Å². The predicted molar refractivity (Wildman–Crippen MR) is 180 cm³/mol. The molecule has 48 heavy (non-hydrogen) atoms. The summed E-state index contributed by atoms with van der Waals surface area (Å²) in [6, 6.07) is 3.72. The highest BCUT2D eigenvalue weighted by atomic mass is 35.5. The van der Waals surface area contributed by atoms with E-state index in [9.17, 15) is 19.5 Å². The van der Waals surface area contributed by atoms with Crippen molar-refractivity contribution in [1.82, 2.24) is 19.5 Å². The summed E-state index contributed by atoms with van der Waals surface area (Å²) in [4.78, 5) is 50.5. The number of benzene rings is 1. The third kappa shape index (κ3) is 8.50. The van der Waals surface area contributed by atoms with Crippen LogP contribution in [0.25, 0.3) is 11.2 Å². The highest BCUT2D eigenvalue weighted by Gasteiger charge is 2.49. The zero-order valence-electron chi connectivity index (χ0n) is 28.4. The first-order chi connectivity index (χ1) is 22.7. The number of ether oxygens (including phenoxy) is 3. The number of unbranched alkanes of at least 4 members (excludes halogenated alkanes) is 4. The van der Waals surface area contributed by atoms with Gasteiger partial charge in [0, 0.05) is 30.7 Å². The number of anilines is 1. The number of carbonyl (C=O) groups is 3. The molecule has 3 heterocycles. The summed E-state index contributed by atoms with van der Waals surface area (Å²) in [7, 11) is 0. The smallest absolute Gasteiger partial charge is 0.308 e. The number of halogens is 1. The van der Waals surface area contributed by atoms with E-state index in [1.165, 1.54) is 13.3 Å². The van der Waals surface area contributed by atoms with Gasteiger partial charge in [0.1, 0.15) is 24.7 Å². The van der Waals surface area contributed by atoms with Crippen LogP contribution in [-0.2, 0) is 29.3 Å². The molecular weight excluding hydrogens is 638 g/mol. The molecule has 1 aromatic carbocycles. The van der Waals surface area contributed by atoms with Crippen LogP contribution >= 0.6 is 11.6 Å². The number of fused-ring (bicyclic) bond motifs is 1. The number of amides is 1. The van der Waals surface area contributed by atoms with E-state index >= 15 is 0 Å². The lowest BCUT2D eigenvalue weighted by molar-refractivity contribution is -0.157. The summed E-state index contributed by atoms with van der Waals surface area (Å²) >= 11 is 6.23. The van der Waals surface area contributed by atoms with Crippen molar-refractivity contribution in [2.45, 2.75) is 116 Å². The fraction of sp³-hybridized carbons (Fsp3) is 0.543. The number of esters is 2. The van der Waals surface area contributed by atoms with Crippen LogP contribution < -0.4 is 10.1 Å². The molecule has 3 atom stereocenters. The summed E-state index contributed by atoms with van der Waals surface area (Å²) < 4.78 is 18.8. The van der Waals surface area contributed by atoms with Crippen molar-refractivity contribution in [1.29, 1.82) is 0 Å². The van der Waals surface area contributed by atoms with Crippen molar-refractivity contribution in [3.63, 3.8) is 0 Å². The lowest BCUT2D eigenvalue weighted by atomic mass is 9.78. The number of hydrogen-bond donors (Lipinski definition) is 2. The van der Waals surface area contributed by atoms with Gasteiger partial charge < -0.3 is 24.6 Å². The molecule has 12 nitrogen and oxygen atoms in total. The molecule has 1 aliphatic heterocycles. The Hall–Kier alpha value is -4.05. The summed E-state index contributed by atoms with van der Waals surface area (Å²) in [6.07, 6.45) is 10.6. The van der Waals surface area contributed by atoms with Crippen molar-refractivity contribution < 1.29 is 33.7 Å². The molecule has 258 valence electrons. The molecule has 0 spiro atoms. The minimum absolute atomic E-state index is 0.0358. The van der Waals surface area contributed by atoms with Gasteiger partial charge in [0.05, 0.1) is 12.7 Å². The number of terminal acetylenes is 1. The number of rotatable bonds is 14. The van der Waals surface area contributed by atoms with Gasteiger partial charge in [-0.25, -0.2) is 4.98 Å². The van der Waals surface area contributed by atoms with E-state index in [0.29, 0.717) is 23.3 Å². The van der Waals surface area contributed by atoms with E-state index in [1.807, 2.05) is 33.8 Å². The van der Waals surface area contributed by atoms with E-state index < -0.39 is 41.9 Å². The Kier molecular flexibility index (Phi) is 11.8. The van der Waals surface area contributed by atoms with Gasteiger partial charge in [-0.05, 0) is 49.1 Å². The molecule has 1 amide bonds. The maximum absolute atomic E-state index is 13.2. The van der Waals surface area contributed by atoms with Gasteiger partial charge in [0.15, 0.2) is 22.6 Å². The van der Waals surface area contributed by atoms with Gasteiger partial charge in [-0.3, -0.25) is 19.0 Å². The number of imidazole rings is 1. The van der Waals surface area contributed by atoms with Crippen LogP contribution in [0.5, 0.6) is 5.75 Å². The molecule has 4 rings (SSSR count). The number of nitrogens with zero attached hydrogens (tertiary/aromatic N) is 4. The van der Waals surface area contributed by atoms with Crippen molar-refractivity contribution in [3.8, 4) is 18.1 Å². The number of carbonyl (C=O) groups excluding carboxylic acids is 3. The van der Waals surface area contributed by atoms with Crippen molar-refractivity contribution in [2.75, 3.05) is 11.9 Å². The van der Waals surface area contributed by atoms with Crippen LogP contribution in [0.4, 0.5) is 5.82 Å². The number of aryl methyl sites for hydroxylation is 2. The van der Waals surface area contributed by atoms with E-state index in [0.717, 1.165) is 43.2 Å². The average Bonchev–Trinajstić information content (AvgIpc) is 3.55. The molecule has 1 saturated heterocycles. The van der Waals surface area contributed by atoms with Crippen LogP contribution in [0.1, 0.15) is 102 Å². The Morgan fingerprint density at radius 1 is 1.21 bits per heavy atom. The maximum atomic E-state index is 13.2. The second-order valence-corrected chi connectivity index (χ2v) is 13.3. The van der Waals surface area contributed by atoms with E-state index in [-0.39, 0.29) is 35.5 Å². The predicted octanol–water partition coefficient (Wildman–Crippen LogP) is 5.88. The highest BCUT2D eigenvalue weighted by Crippen LogP contribution is 2.40. The number of nitrogens with one attached hydrogen (secondary N) is 1. The number of aromatic nitrogens is 4. The first kappa shape index (κ1) is 36.8. The zero-order valence-corrected chi connectivity index (χ0v) is 29.1. The minimum atomic E-state index is -1.66. The first-order valence-electron chi connectivity index (χ1n) is 16.2. The van der Waals surface area contributed by atoms with Crippen LogP contribution in [-0.4, -0.2) is 60.8 Å². The standard InChI is InChI=1S/C35H44ClN5O7/c1-8-10-11-12-13-14-26(44)38-31-30-32(40-33(36)39-31)41(20-37-30)27-17-25(43)35(9-2,48-27)19-46-28(45)18-34(6,7)29-22(4)15-21(3)16-24(29)47-23(5)42/h2,15-16,20,25,27,43H,8,10-14,17-19H2,1,3-7H3,(H,38,39,40,44)/t25-,27+,35+/m0/s1. The summed E-state index contributed by atoms with van der Waals surface area (Å²) in [5.74, 6) is 1.79. The highest BCUT2D eigenvalue weighted by molar-refractivity contribution is 6.28. The van der Waals surface area contributed by atoms with Gasteiger partial charge in [0.25, 0.3) is 0 Å². The zero-order chi connectivity index (χ0) is 35.2. The van der Waals surface area contributed by atoms with Gasteiger partial charge in [-0.2, -0.15) is 9.97 Å². The fourth-order valence-electron chi connectivity index (χ4n) is 6.21. The lowest BCUT2D eigenvalue weighted by Gasteiger charge is -2.30. The lowest BCUT2D eigenvalue weighted by Crippen LogP contribution is -2.43. The van der Waals surface area contributed by atoms with Crippen molar-refractivity contribution >= 4 is 46.4 Å². The quantitative estimate of drug-likeness (QED) is 0.0693. The molecular formula is C35H44ClN5O7. The van der Waals surface area contributed by atoms with E-state index in [4.69, 9.17) is 32.2 Å². The topological polar surface area (TPSA) is 155 Å². The number of hydrogen-bond acceptors (Lipinski definition) is 10. The largest absolute Gasteiger partial charge is 0.461 e. The molecule has 1 fully saturated rings. The van der Waals surface area contributed by atoms with Gasteiger partial charge >= 0.3 is 11.9 Å². The molecule has 0 bridgehead atoms. The van der Waals surface area contributed by atoms with Crippen LogP contribution in [0.15, 0.2) is 18.5 Å². The molecule has 0 saturated carbocycles. The Morgan fingerprint density at radius 3 is 2.62 bits per heavy atom. The Balaban J connectivity index is 1.46. The monoisotopic (exact) mass is 681 g/mol. The summed E-state index contributed by atoms with van der Waals surface area (Å²) in [6.45, 7) is 10.5. The van der Waals surface area contributed by atoms with E-state index in [1.54, 1.807) is 10.6 Å². The first-order valence-corrected chi connectivity index (χ1v) is 16.6. The van der Waals surface area contributed by atoms with Crippen molar-refractivity contribution in [3.05, 3.63) is 40.4 Å². The maximum Gasteiger partial charge on any atom is 0.308 e. The fourth-order valence-corrected chi connectivity index (χ4v) is 6.38. The normalized spacial score (nSPS) is 19.2. The molecule has 0 unspecified atom stereocenters. The van der Waals surface area contributed by atoms with Crippen molar-refractivity contribution in [2.24, 2.45) is 0 Å². The van der Waals surface area contributed by atoms with Gasteiger partial charge in [-0.1, -0.05) is 58.4 Å². The molecule has 1 aliphatic rings. The molecule has 2 N–H and O–H groups in total. The third-order valence-electron chi connectivity index (χ3n) is 8.43. The summed E-state index contributed by atoms with van der Waals surface area (Å²) in [5.41, 5.74) is 0.615. The molecule has 2 aromatic heterocycles. The number of aliphatic hydroxyl groups excluding tert-OH is 1. The minimum Gasteiger partial charge on any atom is -0.461 e. The summed E-state index contributed by atoms with van der Waals surface area (Å²) in [5, 5.41) is 13.8. The molecule has 0 aliphatic carbocycles. The molecule has 0 radical (unpaired) electrons. The Morgan fingerprint density at radius 2 is 1.94 bits per heavy atom. The van der Waals surface area contributed by atoms with Crippen LogP contribution in [0.2, 0.25) is 5.28 Å². The SMILES string of the molecule is C#C[C@]1(COC(=O)CC(C)(C)c2c(C)cc(C)cc2OC(C)=O)O[C@@H](n2cnc3c(NC(=O)CCCCCCC)nc(Cl)nc32)C[C@@H]1O. The average molecular weight is 682 g/mol. The van der Waals surface area contributed by atoms with Crippen LogP contribution in [0, 0.1) is 26.2 Å². The number of aliphatic hydroxyl groups is 1.